The maximum absolute atomic E-state index is 12.8. The second kappa shape index (κ2) is 7.17. The second-order valence-corrected chi connectivity index (χ2v) is 6.37. The van der Waals surface area contributed by atoms with E-state index in [1.165, 1.54) is 0 Å². The summed E-state index contributed by atoms with van der Waals surface area (Å²) in [6, 6.07) is 15.7. The van der Waals surface area contributed by atoms with Crippen LogP contribution in [0.25, 0.3) is 22.4 Å². The van der Waals surface area contributed by atoms with Gasteiger partial charge in [0.2, 0.25) is 5.91 Å². The predicted octanol–water partition coefficient (Wildman–Crippen LogP) is 2.14. The Labute approximate surface area is 152 Å². The molecule has 1 saturated heterocycles. The summed E-state index contributed by atoms with van der Waals surface area (Å²) in [6.07, 6.45) is 0. The van der Waals surface area contributed by atoms with E-state index in [4.69, 9.17) is 9.72 Å². The third-order valence-electron chi connectivity index (χ3n) is 4.77. The first-order valence-electron chi connectivity index (χ1n) is 8.84. The molecule has 2 heterocycles. The van der Waals surface area contributed by atoms with Gasteiger partial charge in [-0.15, -0.1) is 0 Å². The molecule has 4 rings (SSSR count). The van der Waals surface area contributed by atoms with Crippen molar-refractivity contribution in [2.75, 3.05) is 33.3 Å². The Hall–Kier alpha value is -2.86. The van der Waals surface area contributed by atoms with Gasteiger partial charge in [-0.05, 0) is 36.4 Å². The van der Waals surface area contributed by atoms with Crippen LogP contribution in [0.3, 0.4) is 0 Å². The predicted molar refractivity (Wildman–Crippen MR) is 101 cm³/mol. The molecule has 134 valence electrons. The Morgan fingerprint density at radius 1 is 1.12 bits per heavy atom. The smallest absolute Gasteiger partial charge is 0.242 e. The maximum Gasteiger partial charge on any atom is 0.242 e. The highest BCUT2D eigenvalue weighted by molar-refractivity contribution is 5.84. The Kier molecular flexibility index (Phi) is 4.58. The molecule has 0 radical (unpaired) electrons. The van der Waals surface area contributed by atoms with Crippen LogP contribution >= 0.6 is 0 Å². The van der Waals surface area contributed by atoms with E-state index in [1.807, 2.05) is 58.0 Å². The zero-order valence-electron chi connectivity index (χ0n) is 14.8. The number of carbonyl (C=O) groups excluding carboxylic acids is 1. The first-order chi connectivity index (χ1) is 12.8. The first-order valence-corrected chi connectivity index (χ1v) is 8.84. The van der Waals surface area contributed by atoms with E-state index < -0.39 is 0 Å². The minimum Gasteiger partial charge on any atom is -0.497 e. The standard InChI is InChI=1S/C20H22N4O2/c1-26-16-8-6-15(7-9-16)20-22-17-4-2-3-5-18(17)24(20)14-19(25)23-12-10-21-11-13-23/h2-9,21H,10-14H2,1H3. The molecule has 0 aliphatic carbocycles. The van der Waals surface area contributed by atoms with Crippen molar-refractivity contribution >= 4 is 16.9 Å². The number of amides is 1. The molecular weight excluding hydrogens is 328 g/mol. The van der Waals surface area contributed by atoms with E-state index in [0.717, 1.165) is 54.3 Å². The fourth-order valence-corrected chi connectivity index (χ4v) is 3.35. The summed E-state index contributed by atoms with van der Waals surface area (Å²) in [5.74, 6) is 1.73. The van der Waals surface area contributed by atoms with Crippen molar-refractivity contribution in [1.29, 1.82) is 0 Å². The average molecular weight is 350 g/mol. The summed E-state index contributed by atoms with van der Waals surface area (Å²) in [7, 11) is 1.65. The summed E-state index contributed by atoms with van der Waals surface area (Å²) in [5, 5.41) is 3.28. The van der Waals surface area contributed by atoms with Gasteiger partial charge in [0.15, 0.2) is 0 Å². The molecule has 3 aromatic rings. The Morgan fingerprint density at radius 2 is 1.85 bits per heavy atom. The van der Waals surface area contributed by atoms with Gasteiger partial charge in [-0.25, -0.2) is 4.98 Å². The molecule has 1 aromatic heterocycles. The zero-order chi connectivity index (χ0) is 17.9. The van der Waals surface area contributed by atoms with Crippen LogP contribution < -0.4 is 10.1 Å². The topological polar surface area (TPSA) is 59.4 Å². The Balaban J connectivity index is 1.72. The lowest BCUT2D eigenvalue weighted by atomic mass is 10.2. The number of imidazole rings is 1. The number of fused-ring (bicyclic) bond motifs is 1. The molecule has 1 N–H and O–H groups in total. The van der Waals surface area contributed by atoms with E-state index in [9.17, 15) is 4.79 Å². The molecule has 0 spiro atoms. The number of hydrogen-bond acceptors (Lipinski definition) is 4. The molecule has 6 nitrogen and oxygen atoms in total. The minimum atomic E-state index is 0.129. The number of hydrogen-bond donors (Lipinski definition) is 1. The van der Waals surface area contributed by atoms with E-state index in [-0.39, 0.29) is 5.91 Å². The van der Waals surface area contributed by atoms with Crippen molar-refractivity contribution in [3.63, 3.8) is 0 Å². The zero-order valence-corrected chi connectivity index (χ0v) is 14.8. The Bertz CT molecular complexity index is 911. The van der Waals surface area contributed by atoms with Crippen LogP contribution in [0.15, 0.2) is 48.5 Å². The number of nitrogens with zero attached hydrogens (tertiary/aromatic N) is 3. The molecule has 1 amide bonds. The highest BCUT2D eigenvalue weighted by Gasteiger charge is 2.20. The maximum atomic E-state index is 12.8. The van der Waals surface area contributed by atoms with Crippen LogP contribution in [0, 0.1) is 0 Å². The van der Waals surface area contributed by atoms with Gasteiger partial charge in [0, 0.05) is 31.7 Å². The first kappa shape index (κ1) is 16.6. The van der Waals surface area contributed by atoms with Crippen LogP contribution in [-0.4, -0.2) is 53.6 Å². The SMILES string of the molecule is COc1ccc(-c2nc3ccccc3n2CC(=O)N2CCNCC2)cc1. The lowest BCUT2D eigenvalue weighted by molar-refractivity contribution is -0.132. The van der Waals surface area contributed by atoms with E-state index in [1.54, 1.807) is 7.11 Å². The fourth-order valence-electron chi connectivity index (χ4n) is 3.35. The van der Waals surface area contributed by atoms with Crippen LogP contribution in [0.2, 0.25) is 0 Å². The quantitative estimate of drug-likeness (QED) is 0.783. The average Bonchev–Trinajstić information content (AvgIpc) is 3.07. The summed E-state index contributed by atoms with van der Waals surface area (Å²) >= 11 is 0. The number of piperazine rings is 1. The summed E-state index contributed by atoms with van der Waals surface area (Å²) in [6.45, 7) is 3.50. The number of rotatable bonds is 4. The van der Waals surface area contributed by atoms with E-state index in [2.05, 4.69) is 5.32 Å². The van der Waals surface area contributed by atoms with Gasteiger partial charge in [-0.1, -0.05) is 12.1 Å². The number of ether oxygens (including phenoxy) is 1. The molecule has 6 heteroatoms. The van der Waals surface area contributed by atoms with Crippen molar-refractivity contribution in [3.05, 3.63) is 48.5 Å². The highest BCUT2D eigenvalue weighted by atomic mass is 16.5. The van der Waals surface area contributed by atoms with Crippen LogP contribution in [-0.2, 0) is 11.3 Å². The number of nitrogens with one attached hydrogen (secondary N) is 1. The lowest BCUT2D eigenvalue weighted by Crippen LogP contribution is -2.47. The number of benzene rings is 2. The normalized spacial score (nSPS) is 14.6. The van der Waals surface area contributed by atoms with Crippen LogP contribution in [0.5, 0.6) is 5.75 Å². The fraction of sp³-hybridized carbons (Fsp3) is 0.300. The van der Waals surface area contributed by atoms with E-state index in [0.29, 0.717) is 6.54 Å². The minimum absolute atomic E-state index is 0.129. The van der Waals surface area contributed by atoms with Gasteiger partial charge in [0.25, 0.3) is 0 Å². The van der Waals surface area contributed by atoms with Crippen molar-refractivity contribution in [1.82, 2.24) is 19.8 Å². The molecule has 0 atom stereocenters. The van der Waals surface area contributed by atoms with Crippen LogP contribution in [0.1, 0.15) is 0 Å². The molecule has 0 saturated carbocycles. The van der Waals surface area contributed by atoms with Gasteiger partial charge >= 0.3 is 0 Å². The lowest BCUT2D eigenvalue weighted by Gasteiger charge is -2.27. The van der Waals surface area contributed by atoms with Gasteiger partial charge in [0.05, 0.1) is 18.1 Å². The summed E-state index contributed by atoms with van der Waals surface area (Å²) in [4.78, 5) is 19.5. The molecule has 1 aliphatic heterocycles. The highest BCUT2D eigenvalue weighted by Crippen LogP contribution is 2.26. The van der Waals surface area contributed by atoms with Gasteiger partial charge in [-0.3, -0.25) is 4.79 Å². The largest absolute Gasteiger partial charge is 0.497 e. The number of para-hydroxylation sites is 2. The van der Waals surface area contributed by atoms with Crippen molar-refractivity contribution < 1.29 is 9.53 Å². The molecule has 1 fully saturated rings. The van der Waals surface area contributed by atoms with Gasteiger partial charge in [-0.2, -0.15) is 0 Å². The molecule has 1 aliphatic rings. The van der Waals surface area contributed by atoms with Crippen molar-refractivity contribution in [3.8, 4) is 17.1 Å². The number of carbonyl (C=O) groups is 1. The molecule has 2 aromatic carbocycles. The molecule has 0 unspecified atom stereocenters. The number of aromatic nitrogens is 2. The molecule has 0 bridgehead atoms. The van der Waals surface area contributed by atoms with E-state index >= 15 is 0 Å². The van der Waals surface area contributed by atoms with Crippen molar-refractivity contribution in [2.45, 2.75) is 6.54 Å². The molecule has 26 heavy (non-hydrogen) atoms. The second-order valence-electron chi connectivity index (χ2n) is 6.37. The van der Waals surface area contributed by atoms with Crippen molar-refractivity contribution in [2.24, 2.45) is 0 Å². The van der Waals surface area contributed by atoms with Crippen LogP contribution in [0.4, 0.5) is 0 Å². The van der Waals surface area contributed by atoms with Gasteiger partial charge in [0.1, 0.15) is 18.1 Å². The number of methoxy groups -OCH3 is 1. The Morgan fingerprint density at radius 3 is 2.58 bits per heavy atom. The molecular formula is C20H22N4O2. The summed E-state index contributed by atoms with van der Waals surface area (Å²) in [5.41, 5.74) is 2.84. The summed E-state index contributed by atoms with van der Waals surface area (Å²) < 4.78 is 7.26. The van der Waals surface area contributed by atoms with Gasteiger partial charge < -0.3 is 19.5 Å². The third kappa shape index (κ3) is 3.15. The monoisotopic (exact) mass is 350 g/mol. The third-order valence-corrected chi connectivity index (χ3v) is 4.77.